The summed E-state index contributed by atoms with van der Waals surface area (Å²) in [6, 6.07) is 8.70. The summed E-state index contributed by atoms with van der Waals surface area (Å²) in [4.78, 5) is 13.2. The van der Waals surface area contributed by atoms with Crippen molar-refractivity contribution in [1.82, 2.24) is 0 Å². The minimum atomic E-state index is -0.759. The molecule has 0 amide bonds. The van der Waals surface area contributed by atoms with Gasteiger partial charge in [-0.3, -0.25) is 4.79 Å². The van der Waals surface area contributed by atoms with Gasteiger partial charge in [0.05, 0.1) is 6.42 Å². The van der Waals surface area contributed by atoms with Crippen molar-refractivity contribution < 1.29 is 9.90 Å². The van der Waals surface area contributed by atoms with Crippen LogP contribution in [0.15, 0.2) is 24.3 Å². The average Bonchev–Trinajstić information content (AvgIpc) is 2.90. The Hall–Kier alpha value is -1.51. The molecule has 0 radical (unpaired) electrons. The summed E-state index contributed by atoms with van der Waals surface area (Å²) in [5.74, 6) is 0.105. The molecular formula is C14H17NO2. The summed E-state index contributed by atoms with van der Waals surface area (Å²) < 4.78 is 0. The van der Waals surface area contributed by atoms with E-state index in [9.17, 15) is 4.79 Å². The maximum absolute atomic E-state index is 10.7. The molecule has 1 aromatic rings. The molecular weight excluding hydrogens is 214 g/mol. The molecule has 3 heteroatoms. The van der Waals surface area contributed by atoms with E-state index in [1.165, 1.54) is 24.9 Å². The van der Waals surface area contributed by atoms with Gasteiger partial charge in [0.2, 0.25) is 0 Å². The quantitative estimate of drug-likeness (QED) is 0.867. The molecule has 2 fully saturated rings. The van der Waals surface area contributed by atoms with Crippen LogP contribution in [0.3, 0.4) is 0 Å². The number of fused-ring (bicyclic) bond motifs is 2. The van der Waals surface area contributed by atoms with Gasteiger partial charge in [0.25, 0.3) is 0 Å². The van der Waals surface area contributed by atoms with Crippen LogP contribution in [0.1, 0.15) is 24.8 Å². The molecule has 3 nitrogen and oxygen atoms in total. The number of anilines is 1. The number of rotatable bonds is 3. The van der Waals surface area contributed by atoms with Crippen LogP contribution in [0.2, 0.25) is 0 Å². The highest BCUT2D eigenvalue weighted by Crippen LogP contribution is 2.40. The number of carbonyl (C=O) groups is 1. The van der Waals surface area contributed by atoms with Crippen molar-refractivity contribution in [3.05, 3.63) is 29.8 Å². The molecule has 1 aromatic carbocycles. The van der Waals surface area contributed by atoms with Crippen molar-refractivity contribution in [2.75, 3.05) is 11.4 Å². The van der Waals surface area contributed by atoms with Gasteiger partial charge in [-0.25, -0.2) is 0 Å². The zero-order valence-electron chi connectivity index (χ0n) is 9.80. The van der Waals surface area contributed by atoms with Crippen LogP contribution >= 0.6 is 0 Å². The Balaban J connectivity index is 1.81. The normalized spacial score (nSPS) is 26.5. The van der Waals surface area contributed by atoms with E-state index in [0.717, 1.165) is 18.0 Å². The van der Waals surface area contributed by atoms with Crippen molar-refractivity contribution in [3.8, 4) is 0 Å². The van der Waals surface area contributed by atoms with Crippen LogP contribution in [-0.4, -0.2) is 23.7 Å². The molecule has 1 aliphatic carbocycles. The van der Waals surface area contributed by atoms with Gasteiger partial charge in [0, 0.05) is 18.3 Å². The first kappa shape index (κ1) is 10.6. The third-order valence-electron chi connectivity index (χ3n) is 4.01. The zero-order chi connectivity index (χ0) is 11.8. The smallest absolute Gasteiger partial charge is 0.307 e. The number of carboxylic acids is 1. The second-order valence-corrected chi connectivity index (χ2v) is 5.23. The standard InChI is InChI=1S/C14H17NO2/c16-14(17)8-10-2-1-3-12(6-10)15-9-11-4-5-13(15)7-11/h1-3,6,11,13H,4-5,7-9H2,(H,16,17). The molecule has 1 N–H and O–H groups in total. The van der Waals surface area contributed by atoms with E-state index in [1.807, 2.05) is 18.2 Å². The van der Waals surface area contributed by atoms with Crippen LogP contribution in [-0.2, 0) is 11.2 Å². The third-order valence-corrected chi connectivity index (χ3v) is 4.01. The Bertz CT molecular complexity index is 444. The first-order chi connectivity index (χ1) is 8.22. The molecule has 2 aliphatic rings. The number of hydrogen-bond donors (Lipinski definition) is 1. The first-order valence-corrected chi connectivity index (χ1v) is 6.30. The Morgan fingerprint density at radius 3 is 2.94 bits per heavy atom. The highest BCUT2D eigenvalue weighted by atomic mass is 16.4. The van der Waals surface area contributed by atoms with Crippen molar-refractivity contribution >= 4 is 11.7 Å². The molecule has 0 spiro atoms. The lowest BCUT2D eigenvalue weighted by Gasteiger charge is -2.29. The largest absolute Gasteiger partial charge is 0.481 e. The van der Waals surface area contributed by atoms with Gasteiger partial charge in [-0.15, -0.1) is 0 Å². The molecule has 2 bridgehead atoms. The van der Waals surface area contributed by atoms with Crippen molar-refractivity contribution in [1.29, 1.82) is 0 Å². The van der Waals surface area contributed by atoms with Gasteiger partial charge in [-0.2, -0.15) is 0 Å². The van der Waals surface area contributed by atoms with E-state index in [4.69, 9.17) is 5.11 Å². The zero-order valence-corrected chi connectivity index (χ0v) is 9.80. The number of aliphatic carboxylic acids is 1. The summed E-state index contributed by atoms with van der Waals surface area (Å²) in [5.41, 5.74) is 2.11. The minimum Gasteiger partial charge on any atom is -0.481 e. The number of nitrogens with zero attached hydrogens (tertiary/aromatic N) is 1. The van der Waals surface area contributed by atoms with Crippen molar-refractivity contribution in [2.24, 2.45) is 5.92 Å². The molecule has 90 valence electrons. The predicted octanol–water partition coefficient (Wildman–Crippen LogP) is 2.30. The number of piperidine rings is 1. The molecule has 1 aliphatic heterocycles. The Labute approximate surface area is 101 Å². The van der Waals surface area contributed by atoms with Crippen LogP contribution in [0.25, 0.3) is 0 Å². The van der Waals surface area contributed by atoms with Crippen LogP contribution in [0, 0.1) is 5.92 Å². The molecule has 3 rings (SSSR count). The fourth-order valence-electron chi connectivity index (χ4n) is 3.26. The topological polar surface area (TPSA) is 40.5 Å². The van der Waals surface area contributed by atoms with Crippen molar-refractivity contribution in [2.45, 2.75) is 31.7 Å². The van der Waals surface area contributed by atoms with Gasteiger partial charge >= 0.3 is 5.97 Å². The molecule has 1 saturated heterocycles. The molecule has 1 heterocycles. The summed E-state index contributed by atoms with van der Waals surface area (Å²) in [6.45, 7) is 1.15. The van der Waals surface area contributed by atoms with Crippen LogP contribution in [0.4, 0.5) is 5.69 Å². The van der Waals surface area contributed by atoms with E-state index in [2.05, 4.69) is 11.0 Å². The Kier molecular flexibility index (Phi) is 2.54. The lowest BCUT2D eigenvalue weighted by Crippen LogP contribution is -2.31. The van der Waals surface area contributed by atoms with Crippen LogP contribution in [0.5, 0.6) is 0 Å². The highest BCUT2D eigenvalue weighted by molar-refractivity contribution is 5.71. The lowest BCUT2D eigenvalue weighted by atomic mass is 10.1. The summed E-state index contributed by atoms with van der Waals surface area (Å²) in [5, 5.41) is 8.81. The van der Waals surface area contributed by atoms with Gasteiger partial charge in [0.15, 0.2) is 0 Å². The van der Waals surface area contributed by atoms with Gasteiger partial charge in [-0.05, 0) is 42.9 Å². The van der Waals surface area contributed by atoms with Crippen LogP contribution < -0.4 is 4.90 Å². The summed E-state index contributed by atoms with van der Waals surface area (Å²) >= 11 is 0. The second kappa shape index (κ2) is 4.06. The number of benzene rings is 1. The molecule has 17 heavy (non-hydrogen) atoms. The predicted molar refractivity (Wildman–Crippen MR) is 66.3 cm³/mol. The summed E-state index contributed by atoms with van der Waals surface area (Å²) in [7, 11) is 0. The maximum Gasteiger partial charge on any atom is 0.307 e. The average molecular weight is 231 g/mol. The molecule has 2 unspecified atom stereocenters. The van der Waals surface area contributed by atoms with E-state index >= 15 is 0 Å². The number of hydrogen-bond acceptors (Lipinski definition) is 2. The van der Waals surface area contributed by atoms with E-state index in [1.54, 1.807) is 0 Å². The lowest BCUT2D eigenvalue weighted by molar-refractivity contribution is -0.136. The summed E-state index contributed by atoms with van der Waals surface area (Å²) in [6.07, 6.45) is 4.11. The van der Waals surface area contributed by atoms with E-state index in [0.29, 0.717) is 6.04 Å². The molecule has 1 saturated carbocycles. The van der Waals surface area contributed by atoms with Gasteiger partial charge in [0.1, 0.15) is 0 Å². The third kappa shape index (κ3) is 2.02. The second-order valence-electron chi connectivity index (χ2n) is 5.23. The van der Waals surface area contributed by atoms with Gasteiger partial charge in [-0.1, -0.05) is 12.1 Å². The first-order valence-electron chi connectivity index (χ1n) is 6.30. The molecule has 2 atom stereocenters. The SMILES string of the molecule is O=C(O)Cc1cccc(N2CC3CCC2C3)c1. The molecule has 0 aromatic heterocycles. The Morgan fingerprint density at radius 1 is 1.41 bits per heavy atom. The van der Waals surface area contributed by atoms with E-state index < -0.39 is 5.97 Å². The fourth-order valence-corrected chi connectivity index (χ4v) is 3.26. The van der Waals surface area contributed by atoms with Gasteiger partial charge < -0.3 is 10.0 Å². The van der Waals surface area contributed by atoms with Crippen molar-refractivity contribution in [3.63, 3.8) is 0 Å². The Morgan fingerprint density at radius 2 is 2.29 bits per heavy atom. The fraction of sp³-hybridized carbons (Fsp3) is 0.500. The van der Waals surface area contributed by atoms with E-state index in [-0.39, 0.29) is 6.42 Å². The monoisotopic (exact) mass is 231 g/mol. The highest BCUT2D eigenvalue weighted by Gasteiger charge is 2.37. The maximum atomic E-state index is 10.7. The number of carboxylic acid groups (broad SMARTS) is 1. The minimum absolute atomic E-state index is 0.121.